The van der Waals surface area contributed by atoms with Gasteiger partial charge in [0.25, 0.3) is 0 Å². The molecule has 4 heteroatoms. The number of rotatable bonds is 5. The lowest BCUT2D eigenvalue weighted by molar-refractivity contribution is 0.205. The minimum atomic E-state index is 0.0379. The SMILES string of the molecule is Cc1[nH]c(=O)sc1CN(Cc1ccccc1)C(C)C. The Morgan fingerprint density at radius 2 is 1.89 bits per heavy atom. The van der Waals surface area contributed by atoms with Gasteiger partial charge in [-0.25, -0.2) is 0 Å². The third-order valence-corrected chi connectivity index (χ3v) is 4.20. The van der Waals surface area contributed by atoms with E-state index in [1.165, 1.54) is 16.9 Å². The smallest absolute Gasteiger partial charge is 0.304 e. The molecular weight excluding hydrogens is 256 g/mol. The van der Waals surface area contributed by atoms with E-state index in [0.717, 1.165) is 23.7 Å². The lowest BCUT2D eigenvalue weighted by atomic mass is 10.2. The minimum Gasteiger partial charge on any atom is -0.317 e. The number of H-pyrrole nitrogens is 1. The highest BCUT2D eigenvalue weighted by Crippen LogP contribution is 2.16. The molecule has 2 aromatic rings. The van der Waals surface area contributed by atoms with Crippen LogP contribution in [-0.2, 0) is 13.1 Å². The third-order valence-electron chi connectivity index (χ3n) is 3.23. The Morgan fingerprint density at radius 1 is 1.21 bits per heavy atom. The standard InChI is InChI=1S/C15H20N2OS/c1-11(2)17(9-13-7-5-4-6-8-13)10-14-12(3)16-15(18)19-14/h4-8,11H,9-10H2,1-3H3,(H,16,18). The Labute approximate surface area is 117 Å². The topological polar surface area (TPSA) is 36.1 Å². The van der Waals surface area contributed by atoms with Gasteiger partial charge >= 0.3 is 4.87 Å². The van der Waals surface area contributed by atoms with Gasteiger partial charge in [-0.15, -0.1) is 0 Å². The van der Waals surface area contributed by atoms with Crippen molar-refractivity contribution in [3.63, 3.8) is 0 Å². The van der Waals surface area contributed by atoms with Crippen molar-refractivity contribution in [1.29, 1.82) is 0 Å². The number of nitrogens with one attached hydrogen (secondary N) is 1. The zero-order valence-corrected chi connectivity index (χ0v) is 12.5. The maximum Gasteiger partial charge on any atom is 0.304 e. The van der Waals surface area contributed by atoms with Crippen LogP contribution in [0.5, 0.6) is 0 Å². The van der Waals surface area contributed by atoms with E-state index in [0.29, 0.717) is 6.04 Å². The molecule has 1 N–H and O–H groups in total. The van der Waals surface area contributed by atoms with Crippen LogP contribution in [-0.4, -0.2) is 15.9 Å². The summed E-state index contributed by atoms with van der Waals surface area (Å²) in [4.78, 5) is 17.8. The molecule has 102 valence electrons. The van der Waals surface area contributed by atoms with Crippen LogP contribution in [0.2, 0.25) is 0 Å². The molecule has 0 fully saturated rings. The molecule has 0 saturated carbocycles. The number of hydrogen-bond acceptors (Lipinski definition) is 3. The van der Waals surface area contributed by atoms with E-state index in [4.69, 9.17) is 0 Å². The highest BCUT2D eigenvalue weighted by atomic mass is 32.1. The van der Waals surface area contributed by atoms with Crippen molar-refractivity contribution < 1.29 is 0 Å². The van der Waals surface area contributed by atoms with E-state index in [2.05, 4.69) is 48.0 Å². The van der Waals surface area contributed by atoms with Crippen molar-refractivity contribution in [1.82, 2.24) is 9.88 Å². The second kappa shape index (κ2) is 6.17. The Balaban J connectivity index is 2.13. The van der Waals surface area contributed by atoms with Gasteiger partial charge < -0.3 is 4.98 Å². The molecule has 1 aromatic heterocycles. The number of benzene rings is 1. The molecular formula is C15H20N2OS. The fourth-order valence-corrected chi connectivity index (χ4v) is 2.87. The molecule has 0 saturated heterocycles. The molecule has 3 nitrogen and oxygen atoms in total. The van der Waals surface area contributed by atoms with Gasteiger partial charge in [-0.1, -0.05) is 41.7 Å². The summed E-state index contributed by atoms with van der Waals surface area (Å²) in [7, 11) is 0. The van der Waals surface area contributed by atoms with E-state index in [-0.39, 0.29) is 4.87 Å². The molecule has 0 aliphatic carbocycles. The highest BCUT2D eigenvalue weighted by molar-refractivity contribution is 7.09. The first kappa shape index (κ1) is 14.0. The van der Waals surface area contributed by atoms with Crippen LogP contribution in [0.25, 0.3) is 0 Å². The molecule has 0 radical (unpaired) electrons. The Morgan fingerprint density at radius 3 is 2.42 bits per heavy atom. The summed E-state index contributed by atoms with van der Waals surface area (Å²) in [6.07, 6.45) is 0. The number of nitrogens with zero attached hydrogens (tertiary/aromatic N) is 1. The Hall–Kier alpha value is -1.39. The predicted molar refractivity (Wildman–Crippen MR) is 80.5 cm³/mol. The lowest BCUT2D eigenvalue weighted by Crippen LogP contribution is -2.29. The second-order valence-corrected chi connectivity index (χ2v) is 6.11. The van der Waals surface area contributed by atoms with E-state index < -0.39 is 0 Å². The first-order valence-corrected chi connectivity index (χ1v) is 7.34. The number of thiazole rings is 1. The van der Waals surface area contributed by atoms with Gasteiger partial charge in [0.1, 0.15) is 0 Å². The first-order valence-electron chi connectivity index (χ1n) is 6.53. The summed E-state index contributed by atoms with van der Waals surface area (Å²) >= 11 is 1.32. The van der Waals surface area contributed by atoms with Gasteiger partial charge in [-0.3, -0.25) is 9.69 Å². The van der Waals surface area contributed by atoms with Crippen molar-refractivity contribution in [3.05, 3.63) is 56.1 Å². The summed E-state index contributed by atoms with van der Waals surface area (Å²) in [6.45, 7) is 8.07. The van der Waals surface area contributed by atoms with Crippen LogP contribution < -0.4 is 4.87 Å². The predicted octanol–water partition coefficient (Wildman–Crippen LogP) is 3.16. The zero-order chi connectivity index (χ0) is 13.8. The van der Waals surface area contributed by atoms with E-state index in [1.807, 2.05) is 13.0 Å². The maximum absolute atomic E-state index is 11.4. The Kier molecular flexibility index (Phi) is 4.56. The molecule has 0 aliphatic heterocycles. The number of aryl methyl sites for hydroxylation is 1. The fraction of sp³-hybridized carbons (Fsp3) is 0.400. The quantitative estimate of drug-likeness (QED) is 0.910. The van der Waals surface area contributed by atoms with Crippen LogP contribution in [0.3, 0.4) is 0 Å². The molecule has 19 heavy (non-hydrogen) atoms. The fourth-order valence-electron chi connectivity index (χ4n) is 2.01. The van der Waals surface area contributed by atoms with Crippen molar-refractivity contribution in [2.75, 3.05) is 0 Å². The molecule has 0 unspecified atom stereocenters. The molecule has 0 bridgehead atoms. The van der Waals surface area contributed by atoms with Gasteiger partial charge in [-0.05, 0) is 26.3 Å². The van der Waals surface area contributed by atoms with Gasteiger partial charge in [0, 0.05) is 29.7 Å². The normalized spacial score (nSPS) is 11.4. The number of hydrogen-bond donors (Lipinski definition) is 1. The van der Waals surface area contributed by atoms with E-state index >= 15 is 0 Å². The zero-order valence-electron chi connectivity index (χ0n) is 11.6. The van der Waals surface area contributed by atoms with Gasteiger partial charge in [0.05, 0.1) is 0 Å². The van der Waals surface area contributed by atoms with Gasteiger partial charge in [-0.2, -0.15) is 0 Å². The molecule has 0 atom stereocenters. The van der Waals surface area contributed by atoms with Crippen molar-refractivity contribution in [2.45, 2.75) is 39.9 Å². The van der Waals surface area contributed by atoms with Crippen LogP contribution in [0.1, 0.15) is 30.0 Å². The first-order chi connectivity index (χ1) is 9.06. The molecule has 2 rings (SSSR count). The van der Waals surface area contributed by atoms with Gasteiger partial charge in [0.15, 0.2) is 0 Å². The average Bonchev–Trinajstić information content (AvgIpc) is 2.68. The van der Waals surface area contributed by atoms with Gasteiger partial charge in [0.2, 0.25) is 0 Å². The monoisotopic (exact) mass is 276 g/mol. The molecule has 1 aromatic carbocycles. The molecule has 0 aliphatic rings. The summed E-state index contributed by atoms with van der Waals surface area (Å²) in [5.41, 5.74) is 2.30. The number of aromatic nitrogens is 1. The summed E-state index contributed by atoms with van der Waals surface area (Å²) in [5.74, 6) is 0. The van der Waals surface area contributed by atoms with Crippen LogP contribution in [0.15, 0.2) is 35.1 Å². The van der Waals surface area contributed by atoms with Crippen LogP contribution in [0, 0.1) is 6.92 Å². The summed E-state index contributed by atoms with van der Waals surface area (Å²) in [6, 6.07) is 10.9. The largest absolute Gasteiger partial charge is 0.317 e. The number of aromatic amines is 1. The average molecular weight is 276 g/mol. The van der Waals surface area contributed by atoms with Crippen molar-refractivity contribution in [3.8, 4) is 0 Å². The van der Waals surface area contributed by atoms with Crippen molar-refractivity contribution >= 4 is 11.3 Å². The Bertz CT molecular complexity index is 571. The van der Waals surface area contributed by atoms with E-state index in [9.17, 15) is 4.79 Å². The van der Waals surface area contributed by atoms with Crippen LogP contribution in [0.4, 0.5) is 0 Å². The maximum atomic E-state index is 11.4. The second-order valence-electron chi connectivity index (χ2n) is 5.05. The van der Waals surface area contributed by atoms with Crippen molar-refractivity contribution in [2.24, 2.45) is 0 Å². The molecule has 0 spiro atoms. The highest BCUT2D eigenvalue weighted by Gasteiger charge is 2.14. The third kappa shape index (κ3) is 3.78. The van der Waals surface area contributed by atoms with Crippen LogP contribution >= 0.6 is 11.3 Å². The lowest BCUT2D eigenvalue weighted by Gasteiger charge is -2.26. The van der Waals surface area contributed by atoms with E-state index in [1.54, 1.807) is 0 Å². The summed E-state index contributed by atoms with van der Waals surface area (Å²) in [5, 5.41) is 0. The molecule has 1 heterocycles. The summed E-state index contributed by atoms with van der Waals surface area (Å²) < 4.78 is 0. The minimum absolute atomic E-state index is 0.0379. The molecule has 0 amide bonds.